The summed E-state index contributed by atoms with van der Waals surface area (Å²) in [5.41, 5.74) is 0. The van der Waals surface area contributed by atoms with Gasteiger partial charge in [0.05, 0.1) is 18.1 Å². The highest BCUT2D eigenvalue weighted by molar-refractivity contribution is 7.91. The van der Waals surface area contributed by atoms with E-state index in [9.17, 15) is 18.0 Å². The van der Waals surface area contributed by atoms with Crippen molar-refractivity contribution >= 4 is 21.7 Å². The molecule has 7 nitrogen and oxygen atoms in total. The lowest BCUT2D eigenvalue weighted by molar-refractivity contribution is -0.136. The number of carbonyl (C=O) groups is 2. The van der Waals surface area contributed by atoms with Crippen molar-refractivity contribution in [3.05, 3.63) is 0 Å². The van der Waals surface area contributed by atoms with E-state index in [4.69, 9.17) is 0 Å². The van der Waals surface area contributed by atoms with Crippen LogP contribution in [0.25, 0.3) is 0 Å². The third kappa shape index (κ3) is 4.41. The van der Waals surface area contributed by atoms with Gasteiger partial charge in [0.2, 0.25) is 11.8 Å². The van der Waals surface area contributed by atoms with E-state index >= 15 is 0 Å². The van der Waals surface area contributed by atoms with Crippen LogP contribution in [0.15, 0.2) is 0 Å². The molecule has 2 fully saturated rings. The summed E-state index contributed by atoms with van der Waals surface area (Å²) in [5.74, 6) is 0.352. The van der Waals surface area contributed by atoms with Gasteiger partial charge in [-0.25, -0.2) is 8.42 Å². The van der Waals surface area contributed by atoms with Crippen LogP contribution < -0.4 is 5.32 Å². The average molecular weight is 317 g/mol. The Morgan fingerprint density at radius 3 is 2.19 bits per heavy atom. The number of hydrogen-bond donors (Lipinski definition) is 1. The molecule has 0 spiro atoms. The first-order chi connectivity index (χ1) is 9.91. The molecule has 2 aliphatic rings. The van der Waals surface area contributed by atoms with E-state index in [0.717, 1.165) is 0 Å². The molecule has 2 rings (SSSR count). The van der Waals surface area contributed by atoms with Crippen LogP contribution in [-0.2, 0) is 19.4 Å². The predicted molar refractivity (Wildman–Crippen MR) is 78.5 cm³/mol. The summed E-state index contributed by atoms with van der Waals surface area (Å²) in [7, 11) is -1.28. The zero-order valence-corrected chi connectivity index (χ0v) is 13.2. The molecule has 1 N–H and O–H groups in total. The first kappa shape index (κ1) is 16.2. The van der Waals surface area contributed by atoms with Gasteiger partial charge in [-0.1, -0.05) is 0 Å². The monoisotopic (exact) mass is 317 g/mol. The van der Waals surface area contributed by atoms with Crippen LogP contribution in [0, 0.1) is 5.92 Å². The number of nitrogens with zero attached hydrogens (tertiary/aromatic N) is 2. The van der Waals surface area contributed by atoms with Gasteiger partial charge in [-0.2, -0.15) is 0 Å². The van der Waals surface area contributed by atoms with Crippen LogP contribution >= 0.6 is 0 Å². The van der Waals surface area contributed by atoms with E-state index in [0.29, 0.717) is 39.0 Å². The van der Waals surface area contributed by atoms with Gasteiger partial charge < -0.3 is 10.2 Å². The Kier molecular flexibility index (Phi) is 5.21. The van der Waals surface area contributed by atoms with E-state index in [1.54, 1.807) is 11.9 Å². The molecule has 21 heavy (non-hydrogen) atoms. The van der Waals surface area contributed by atoms with E-state index in [1.807, 2.05) is 4.90 Å². The third-order valence-electron chi connectivity index (χ3n) is 4.26. The maximum atomic E-state index is 12.2. The second kappa shape index (κ2) is 6.74. The van der Waals surface area contributed by atoms with Crippen molar-refractivity contribution in [3.63, 3.8) is 0 Å². The fraction of sp³-hybridized carbons (Fsp3) is 0.846. The summed E-state index contributed by atoms with van der Waals surface area (Å²) in [6.07, 6.45) is 1.39. The lowest BCUT2D eigenvalue weighted by Gasteiger charge is -2.33. The van der Waals surface area contributed by atoms with Crippen LogP contribution in [0.1, 0.15) is 12.8 Å². The summed E-state index contributed by atoms with van der Waals surface area (Å²) >= 11 is 0. The Morgan fingerprint density at radius 2 is 1.67 bits per heavy atom. The molecule has 0 aromatic heterocycles. The van der Waals surface area contributed by atoms with Crippen LogP contribution in [0.3, 0.4) is 0 Å². The van der Waals surface area contributed by atoms with Crippen molar-refractivity contribution in [3.8, 4) is 0 Å². The smallest absolute Gasteiger partial charge is 0.236 e. The number of amides is 2. The summed E-state index contributed by atoms with van der Waals surface area (Å²) in [6, 6.07) is 0. The Bertz CT molecular complexity index is 484. The topological polar surface area (TPSA) is 86.8 Å². The Hall–Kier alpha value is -1.15. The number of likely N-dealkylation sites (tertiary alicyclic amines) is 1. The molecule has 0 bridgehead atoms. The van der Waals surface area contributed by atoms with Gasteiger partial charge in [-0.3, -0.25) is 14.5 Å². The summed E-state index contributed by atoms with van der Waals surface area (Å²) in [4.78, 5) is 27.4. The van der Waals surface area contributed by atoms with E-state index in [2.05, 4.69) is 5.32 Å². The van der Waals surface area contributed by atoms with Gasteiger partial charge >= 0.3 is 0 Å². The van der Waals surface area contributed by atoms with Crippen molar-refractivity contribution in [2.45, 2.75) is 12.8 Å². The summed E-state index contributed by atoms with van der Waals surface area (Å²) in [5, 5.41) is 2.64. The number of carbonyl (C=O) groups excluding carboxylic acids is 2. The third-order valence-corrected chi connectivity index (χ3v) is 5.87. The van der Waals surface area contributed by atoms with Crippen molar-refractivity contribution in [1.29, 1.82) is 0 Å². The fourth-order valence-corrected chi connectivity index (χ4v) is 4.07. The highest BCUT2D eigenvalue weighted by Crippen LogP contribution is 2.17. The molecular weight excluding hydrogens is 294 g/mol. The molecule has 0 radical (unpaired) electrons. The van der Waals surface area contributed by atoms with Crippen molar-refractivity contribution in [2.75, 3.05) is 51.3 Å². The molecule has 0 aliphatic carbocycles. The fourth-order valence-electron chi connectivity index (χ4n) is 2.79. The van der Waals surface area contributed by atoms with Crippen molar-refractivity contribution < 1.29 is 18.0 Å². The molecule has 0 aromatic carbocycles. The molecule has 0 saturated carbocycles. The SMILES string of the molecule is CNC(=O)C1CCN(C(=O)CN2CCS(=O)(=O)CC2)CC1. The van der Waals surface area contributed by atoms with Crippen LogP contribution in [0.2, 0.25) is 0 Å². The molecule has 0 aromatic rings. The second-order valence-corrected chi connectivity index (χ2v) is 8.00. The Balaban J connectivity index is 1.76. The molecule has 2 amide bonds. The van der Waals surface area contributed by atoms with Gasteiger partial charge in [-0.05, 0) is 12.8 Å². The molecule has 0 unspecified atom stereocenters. The zero-order valence-electron chi connectivity index (χ0n) is 12.4. The molecule has 8 heteroatoms. The van der Waals surface area contributed by atoms with E-state index in [-0.39, 0.29) is 35.8 Å². The molecule has 0 atom stereocenters. The largest absolute Gasteiger partial charge is 0.359 e. The van der Waals surface area contributed by atoms with E-state index < -0.39 is 9.84 Å². The van der Waals surface area contributed by atoms with Gasteiger partial charge in [0.25, 0.3) is 0 Å². The minimum atomic E-state index is -2.91. The normalized spacial score (nSPS) is 23.8. The average Bonchev–Trinajstić information content (AvgIpc) is 2.48. The molecule has 2 saturated heterocycles. The number of nitrogens with one attached hydrogen (secondary N) is 1. The summed E-state index contributed by atoms with van der Waals surface area (Å²) in [6.45, 7) is 2.35. The van der Waals surface area contributed by atoms with Gasteiger partial charge in [0, 0.05) is 39.1 Å². The Morgan fingerprint density at radius 1 is 1.10 bits per heavy atom. The summed E-state index contributed by atoms with van der Waals surface area (Å²) < 4.78 is 22.7. The van der Waals surface area contributed by atoms with Crippen LogP contribution in [0.5, 0.6) is 0 Å². The molecule has 120 valence electrons. The first-order valence-corrected chi connectivity index (χ1v) is 9.15. The van der Waals surface area contributed by atoms with E-state index in [1.165, 1.54) is 0 Å². The van der Waals surface area contributed by atoms with Gasteiger partial charge in [0.1, 0.15) is 0 Å². The maximum absolute atomic E-state index is 12.2. The lowest BCUT2D eigenvalue weighted by Crippen LogP contribution is -2.49. The Labute approximate surface area is 125 Å². The number of rotatable bonds is 3. The first-order valence-electron chi connectivity index (χ1n) is 7.33. The minimum Gasteiger partial charge on any atom is -0.359 e. The van der Waals surface area contributed by atoms with Gasteiger partial charge in [0.15, 0.2) is 9.84 Å². The predicted octanol–water partition coefficient (Wildman–Crippen LogP) is -1.30. The van der Waals surface area contributed by atoms with Crippen molar-refractivity contribution in [2.24, 2.45) is 5.92 Å². The molecular formula is C13H23N3O4S. The quantitative estimate of drug-likeness (QED) is 0.699. The maximum Gasteiger partial charge on any atom is 0.236 e. The highest BCUT2D eigenvalue weighted by atomic mass is 32.2. The lowest BCUT2D eigenvalue weighted by atomic mass is 9.96. The van der Waals surface area contributed by atoms with Gasteiger partial charge in [-0.15, -0.1) is 0 Å². The molecule has 2 heterocycles. The molecule has 2 aliphatic heterocycles. The number of piperidine rings is 1. The number of sulfone groups is 1. The standard InChI is InChI=1S/C13H23N3O4S/c1-14-13(18)11-2-4-16(5-3-11)12(17)10-15-6-8-21(19,20)9-7-15/h11H,2-10H2,1H3,(H,14,18). The van der Waals surface area contributed by atoms with Crippen LogP contribution in [-0.4, -0.2) is 81.3 Å². The highest BCUT2D eigenvalue weighted by Gasteiger charge is 2.29. The number of hydrogen-bond acceptors (Lipinski definition) is 5. The second-order valence-electron chi connectivity index (χ2n) is 5.70. The minimum absolute atomic E-state index is 0.000760. The van der Waals surface area contributed by atoms with Crippen molar-refractivity contribution in [1.82, 2.24) is 15.1 Å². The van der Waals surface area contributed by atoms with Crippen LogP contribution in [0.4, 0.5) is 0 Å². The zero-order chi connectivity index (χ0) is 15.5.